The smallest absolute Gasteiger partial charge is 0.124 e. The Morgan fingerprint density at radius 2 is 2.21 bits per heavy atom. The van der Waals surface area contributed by atoms with Gasteiger partial charge >= 0.3 is 0 Å². The molecule has 14 heavy (non-hydrogen) atoms. The predicted octanol–water partition coefficient (Wildman–Crippen LogP) is 1.78. The fraction of sp³-hybridized carbons (Fsp3) is 0.455. The van der Waals surface area contributed by atoms with E-state index in [0.29, 0.717) is 11.8 Å². The van der Waals surface area contributed by atoms with Crippen molar-refractivity contribution in [3.05, 3.63) is 23.8 Å². The van der Waals surface area contributed by atoms with E-state index in [2.05, 4.69) is 4.90 Å². The molecular weight excluding hydrogens is 178 g/mol. The first-order valence-electron chi connectivity index (χ1n) is 4.80. The molecule has 1 unspecified atom stereocenters. The zero-order valence-corrected chi connectivity index (χ0v) is 8.53. The van der Waals surface area contributed by atoms with Gasteiger partial charge in [-0.1, -0.05) is 0 Å². The van der Waals surface area contributed by atoms with Crippen LogP contribution in [0.4, 0.5) is 0 Å². The molecule has 0 aromatic heterocycles. The third-order valence-corrected chi connectivity index (χ3v) is 2.62. The fourth-order valence-corrected chi connectivity index (χ4v) is 1.90. The van der Waals surface area contributed by atoms with E-state index in [-0.39, 0.29) is 0 Å². The highest BCUT2D eigenvalue weighted by Crippen LogP contribution is 2.36. The summed E-state index contributed by atoms with van der Waals surface area (Å²) >= 11 is 0. The van der Waals surface area contributed by atoms with E-state index in [4.69, 9.17) is 4.74 Å². The molecule has 1 aliphatic rings. The van der Waals surface area contributed by atoms with Crippen LogP contribution in [-0.2, 0) is 0 Å². The number of aromatic hydroxyl groups is 1. The van der Waals surface area contributed by atoms with Gasteiger partial charge in [0.2, 0.25) is 0 Å². The predicted molar refractivity (Wildman–Crippen MR) is 54.6 cm³/mol. The molecule has 76 valence electrons. The van der Waals surface area contributed by atoms with E-state index < -0.39 is 0 Å². The lowest BCUT2D eigenvalue weighted by molar-refractivity contribution is 0.189. The van der Waals surface area contributed by atoms with Crippen LogP contribution in [0.25, 0.3) is 0 Å². The number of phenols is 1. The van der Waals surface area contributed by atoms with Crippen molar-refractivity contribution in [2.45, 2.75) is 12.5 Å². The number of rotatable bonds is 1. The summed E-state index contributed by atoms with van der Waals surface area (Å²) in [5.74, 6) is 1.20. The van der Waals surface area contributed by atoms with Crippen LogP contribution in [0.1, 0.15) is 18.0 Å². The molecule has 3 heteroatoms. The van der Waals surface area contributed by atoms with E-state index in [9.17, 15) is 5.11 Å². The molecule has 1 aromatic rings. The Hall–Kier alpha value is -1.22. The molecule has 0 saturated carbocycles. The quantitative estimate of drug-likeness (QED) is 0.738. The van der Waals surface area contributed by atoms with Crippen LogP contribution in [0.15, 0.2) is 18.2 Å². The average Bonchev–Trinajstić information content (AvgIpc) is 2.16. The van der Waals surface area contributed by atoms with Crippen LogP contribution in [0.2, 0.25) is 0 Å². The lowest BCUT2D eigenvalue weighted by Gasteiger charge is -2.30. The maximum Gasteiger partial charge on any atom is 0.124 e. The molecule has 1 aromatic carbocycles. The first-order valence-corrected chi connectivity index (χ1v) is 4.80. The Morgan fingerprint density at radius 3 is 2.93 bits per heavy atom. The van der Waals surface area contributed by atoms with Crippen LogP contribution >= 0.6 is 0 Å². The van der Waals surface area contributed by atoms with E-state index in [1.165, 1.54) is 0 Å². The van der Waals surface area contributed by atoms with Gasteiger partial charge in [0, 0.05) is 18.0 Å². The van der Waals surface area contributed by atoms with Crippen LogP contribution in [-0.4, -0.2) is 30.7 Å². The summed E-state index contributed by atoms with van der Waals surface area (Å²) in [5, 5.41) is 9.41. The molecule has 2 rings (SSSR count). The number of nitrogens with zero attached hydrogens (tertiary/aromatic N) is 1. The molecule has 1 aliphatic heterocycles. The van der Waals surface area contributed by atoms with E-state index in [1.54, 1.807) is 12.1 Å². The Kier molecular flexibility index (Phi) is 2.33. The number of hydrogen-bond acceptors (Lipinski definition) is 3. The molecule has 0 saturated heterocycles. The molecule has 3 nitrogen and oxygen atoms in total. The third-order valence-electron chi connectivity index (χ3n) is 2.62. The summed E-state index contributed by atoms with van der Waals surface area (Å²) in [4.78, 5) is 2.15. The Morgan fingerprint density at radius 1 is 1.43 bits per heavy atom. The molecule has 0 radical (unpaired) electrons. The third kappa shape index (κ3) is 1.55. The average molecular weight is 193 g/mol. The van der Waals surface area contributed by atoms with E-state index in [1.807, 2.05) is 20.2 Å². The van der Waals surface area contributed by atoms with Gasteiger partial charge in [0.05, 0.1) is 6.61 Å². The lowest BCUT2D eigenvalue weighted by atomic mass is 9.99. The number of hydrogen-bond donors (Lipinski definition) is 1. The maximum absolute atomic E-state index is 9.41. The monoisotopic (exact) mass is 193 g/mol. The molecular formula is C11H15NO2. The van der Waals surface area contributed by atoms with Gasteiger partial charge in [-0.3, -0.25) is 0 Å². The second kappa shape index (κ2) is 3.50. The van der Waals surface area contributed by atoms with Crippen molar-refractivity contribution >= 4 is 0 Å². The Labute approximate surface area is 83.9 Å². The van der Waals surface area contributed by atoms with Crippen LogP contribution in [0.3, 0.4) is 0 Å². The second-order valence-corrected chi connectivity index (χ2v) is 3.84. The highest BCUT2D eigenvalue weighted by Gasteiger charge is 2.23. The van der Waals surface area contributed by atoms with Gasteiger partial charge in [-0.25, -0.2) is 0 Å². The Bertz CT molecular complexity index is 336. The van der Waals surface area contributed by atoms with Crippen molar-refractivity contribution in [3.8, 4) is 11.5 Å². The summed E-state index contributed by atoms with van der Waals surface area (Å²) in [7, 11) is 4.09. The minimum absolute atomic E-state index is 0.307. The van der Waals surface area contributed by atoms with Crippen LogP contribution in [0.5, 0.6) is 11.5 Å². The van der Waals surface area contributed by atoms with Gasteiger partial charge in [0.15, 0.2) is 0 Å². The molecule has 0 spiro atoms. The highest BCUT2D eigenvalue weighted by atomic mass is 16.5. The van der Waals surface area contributed by atoms with Gasteiger partial charge in [-0.2, -0.15) is 0 Å². The van der Waals surface area contributed by atoms with Crippen molar-refractivity contribution in [2.75, 3.05) is 20.7 Å². The first-order chi connectivity index (χ1) is 6.68. The van der Waals surface area contributed by atoms with Gasteiger partial charge in [-0.05, 0) is 32.3 Å². The van der Waals surface area contributed by atoms with Crippen molar-refractivity contribution in [1.82, 2.24) is 4.90 Å². The SMILES string of the molecule is CN(C)C1CCOc2ccc(O)cc21. The lowest BCUT2D eigenvalue weighted by Crippen LogP contribution is -2.26. The summed E-state index contributed by atoms with van der Waals surface area (Å²) in [6, 6.07) is 5.64. The van der Waals surface area contributed by atoms with E-state index in [0.717, 1.165) is 24.3 Å². The summed E-state index contributed by atoms with van der Waals surface area (Å²) in [5.41, 5.74) is 1.08. The summed E-state index contributed by atoms with van der Waals surface area (Å²) in [6.45, 7) is 0.751. The largest absolute Gasteiger partial charge is 0.508 e. The van der Waals surface area contributed by atoms with E-state index >= 15 is 0 Å². The second-order valence-electron chi connectivity index (χ2n) is 3.84. The zero-order chi connectivity index (χ0) is 10.1. The maximum atomic E-state index is 9.41. The van der Waals surface area contributed by atoms with Crippen molar-refractivity contribution in [3.63, 3.8) is 0 Å². The number of benzene rings is 1. The molecule has 0 fully saturated rings. The molecule has 0 amide bonds. The van der Waals surface area contributed by atoms with Gasteiger partial charge in [-0.15, -0.1) is 0 Å². The molecule has 0 aliphatic carbocycles. The molecule has 1 N–H and O–H groups in total. The summed E-state index contributed by atoms with van der Waals surface area (Å²) in [6.07, 6.45) is 0.976. The molecule has 0 bridgehead atoms. The zero-order valence-electron chi connectivity index (χ0n) is 8.53. The molecule has 1 heterocycles. The normalized spacial score (nSPS) is 20.4. The number of ether oxygens (including phenoxy) is 1. The standard InChI is InChI=1S/C11H15NO2/c1-12(2)10-5-6-14-11-4-3-8(13)7-9(10)11/h3-4,7,10,13H,5-6H2,1-2H3. The Balaban J connectivity index is 2.41. The fourth-order valence-electron chi connectivity index (χ4n) is 1.90. The topological polar surface area (TPSA) is 32.7 Å². The van der Waals surface area contributed by atoms with Crippen LogP contribution < -0.4 is 4.74 Å². The number of phenolic OH excluding ortho intramolecular Hbond substituents is 1. The van der Waals surface area contributed by atoms with Crippen LogP contribution in [0, 0.1) is 0 Å². The van der Waals surface area contributed by atoms with Crippen molar-refractivity contribution in [1.29, 1.82) is 0 Å². The van der Waals surface area contributed by atoms with Crippen molar-refractivity contribution in [2.24, 2.45) is 0 Å². The van der Waals surface area contributed by atoms with Gasteiger partial charge < -0.3 is 14.7 Å². The minimum atomic E-state index is 0.307. The van der Waals surface area contributed by atoms with Gasteiger partial charge in [0.25, 0.3) is 0 Å². The molecule has 1 atom stereocenters. The van der Waals surface area contributed by atoms with Gasteiger partial charge in [0.1, 0.15) is 11.5 Å². The highest BCUT2D eigenvalue weighted by molar-refractivity contribution is 5.42. The summed E-state index contributed by atoms with van der Waals surface area (Å²) < 4.78 is 5.52. The first kappa shape index (κ1) is 9.34. The minimum Gasteiger partial charge on any atom is -0.508 e. The number of fused-ring (bicyclic) bond motifs is 1. The van der Waals surface area contributed by atoms with Crippen molar-refractivity contribution < 1.29 is 9.84 Å².